The van der Waals surface area contributed by atoms with Crippen LogP contribution in [0, 0.1) is 0 Å². The van der Waals surface area contributed by atoms with Gasteiger partial charge in [0.2, 0.25) is 0 Å². The average molecular weight is 313 g/mol. The Kier molecular flexibility index (Phi) is 5.45. The molecule has 1 aromatic rings. The lowest BCUT2D eigenvalue weighted by atomic mass is 10.1. The number of rotatable bonds is 4. The standard InChI is InChI=1S/C16H22F3N3/c1-3-12(2)9-20-14-5-4-8-22(11-14)15-7-6-13(10-21-15)16(17,18)19/h3,6-7,10,14,20H,4-5,8-9,11H2,1-2H3/b12-3+. The fourth-order valence-electron chi connectivity index (χ4n) is 2.50. The van der Waals surface area contributed by atoms with E-state index in [-0.39, 0.29) is 0 Å². The van der Waals surface area contributed by atoms with Crippen LogP contribution in [0.3, 0.4) is 0 Å². The van der Waals surface area contributed by atoms with E-state index in [0.29, 0.717) is 11.9 Å². The maximum absolute atomic E-state index is 12.6. The molecule has 0 aliphatic carbocycles. The van der Waals surface area contributed by atoms with Gasteiger partial charge >= 0.3 is 6.18 Å². The van der Waals surface area contributed by atoms with Crippen molar-refractivity contribution in [3.8, 4) is 0 Å². The van der Waals surface area contributed by atoms with Gasteiger partial charge in [0.25, 0.3) is 0 Å². The van der Waals surface area contributed by atoms with E-state index in [4.69, 9.17) is 0 Å². The largest absolute Gasteiger partial charge is 0.417 e. The molecule has 1 aliphatic rings. The van der Waals surface area contributed by atoms with Crippen LogP contribution in [0.5, 0.6) is 0 Å². The van der Waals surface area contributed by atoms with Gasteiger partial charge in [0.05, 0.1) is 5.56 Å². The third kappa shape index (κ3) is 4.47. The summed E-state index contributed by atoms with van der Waals surface area (Å²) in [5.41, 5.74) is 0.580. The summed E-state index contributed by atoms with van der Waals surface area (Å²) in [6, 6.07) is 2.90. The van der Waals surface area contributed by atoms with E-state index in [1.165, 1.54) is 11.6 Å². The molecule has 0 spiro atoms. The number of aromatic nitrogens is 1. The van der Waals surface area contributed by atoms with Crippen LogP contribution in [0.25, 0.3) is 0 Å². The third-order valence-electron chi connectivity index (χ3n) is 3.98. The van der Waals surface area contributed by atoms with Gasteiger partial charge in [-0.1, -0.05) is 11.6 Å². The Morgan fingerprint density at radius 3 is 2.82 bits per heavy atom. The van der Waals surface area contributed by atoms with Crippen molar-refractivity contribution < 1.29 is 13.2 Å². The van der Waals surface area contributed by atoms with Gasteiger partial charge < -0.3 is 10.2 Å². The SMILES string of the molecule is C/C=C(\C)CNC1CCCN(c2ccc(C(F)(F)F)cn2)C1. The first kappa shape index (κ1) is 16.8. The first-order chi connectivity index (χ1) is 10.4. The maximum atomic E-state index is 12.6. The number of anilines is 1. The molecule has 1 aromatic heterocycles. The van der Waals surface area contributed by atoms with Gasteiger partial charge in [0.15, 0.2) is 0 Å². The minimum Gasteiger partial charge on any atom is -0.355 e. The van der Waals surface area contributed by atoms with Crippen molar-refractivity contribution in [1.82, 2.24) is 10.3 Å². The number of nitrogens with zero attached hydrogens (tertiary/aromatic N) is 2. The zero-order chi connectivity index (χ0) is 16.2. The summed E-state index contributed by atoms with van der Waals surface area (Å²) in [7, 11) is 0. The van der Waals surface area contributed by atoms with Crippen molar-refractivity contribution in [2.24, 2.45) is 0 Å². The number of hydrogen-bond donors (Lipinski definition) is 1. The molecule has 6 heteroatoms. The van der Waals surface area contributed by atoms with Crippen molar-refractivity contribution in [2.75, 3.05) is 24.5 Å². The van der Waals surface area contributed by atoms with Crippen molar-refractivity contribution in [3.05, 3.63) is 35.5 Å². The topological polar surface area (TPSA) is 28.2 Å². The smallest absolute Gasteiger partial charge is 0.355 e. The van der Waals surface area contributed by atoms with Crippen molar-refractivity contribution in [1.29, 1.82) is 0 Å². The van der Waals surface area contributed by atoms with E-state index >= 15 is 0 Å². The summed E-state index contributed by atoms with van der Waals surface area (Å²) in [4.78, 5) is 6.03. The molecule has 0 radical (unpaired) electrons. The fraction of sp³-hybridized carbons (Fsp3) is 0.562. The van der Waals surface area contributed by atoms with E-state index in [9.17, 15) is 13.2 Å². The van der Waals surface area contributed by atoms with E-state index in [0.717, 1.165) is 44.7 Å². The number of alkyl halides is 3. The second-order valence-electron chi connectivity index (χ2n) is 5.70. The molecular formula is C16H22F3N3. The second kappa shape index (κ2) is 7.13. The van der Waals surface area contributed by atoms with Crippen molar-refractivity contribution in [2.45, 2.75) is 38.9 Å². The van der Waals surface area contributed by atoms with Crippen LogP contribution in [-0.2, 0) is 6.18 Å². The monoisotopic (exact) mass is 313 g/mol. The minimum absolute atomic E-state index is 0.341. The second-order valence-corrected chi connectivity index (χ2v) is 5.70. The predicted molar refractivity (Wildman–Crippen MR) is 81.9 cm³/mol. The van der Waals surface area contributed by atoms with E-state index < -0.39 is 11.7 Å². The molecule has 1 N–H and O–H groups in total. The molecule has 0 bridgehead atoms. The number of nitrogens with one attached hydrogen (secondary N) is 1. The van der Waals surface area contributed by atoms with Crippen LogP contribution < -0.4 is 10.2 Å². The van der Waals surface area contributed by atoms with Crippen LogP contribution in [0.4, 0.5) is 19.0 Å². The number of piperidine rings is 1. The number of halogens is 3. The highest BCUT2D eigenvalue weighted by atomic mass is 19.4. The van der Waals surface area contributed by atoms with Gasteiger partial charge in [0.1, 0.15) is 5.82 Å². The Labute approximate surface area is 129 Å². The van der Waals surface area contributed by atoms with Gasteiger partial charge in [-0.25, -0.2) is 4.98 Å². The highest BCUT2D eigenvalue weighted by Gasteiger charge is 2.31. The molecule has 2 heterocycles. The minimum atomic E-state index is -4.33. The highest BCUT2D eigenvalue weighted by Crippen LogP contribution is 2.29. The molecule has 2 rings (SSSR count). The molecule has 0 aromatic carbocycles. The first-order valence-corrected chi connectivity index (χ1v) is 7.53. The summed E-state index contributed by atoms with van der Waals surface area (Å²) in [6.45, 7) is 6.53. The van der Waals surface area contributed by atoms with Crippen LogP contribution in [0.1, 0.15) is 32.3 Å². The Morgan fingerprint density at radius 2 is 2.23 bits per heavy atom. The molecule has 1 saturated heterocycles. The lowest BCUT2D eigenvalue weighted by Gasteiger charge is -2.34. The van der Waals surface area contributed by atoms with Crippen LogP contribution in [-0.4, -0.2) is 30.7 Å². The first-order valence-electron chi connectivity index (χ1n) is 7.53. The number of pyridine rings is 1. The Balaban J connectivity index is 1.97. The molecule has 3 nitrogen and oxygen atoms in total. The van der Waals surface area contributed by atoms with Crippen LogP contribution in [0.15, 0.2) is 30.0 Å². The molecule has 122 valence electrons. The summed E-state index contributed by atoms with van der Waals surface area (Å²) in [5.74, 6) is 0.613. The summed E-state index contributed by atoms with van der Waals surface area (Å²) in [6.07, 6.45) is 0.742. The lowest BCUT2D eigenvalue weighted by molar-refractivity contribution is -0.137. The molecule has 22 heavy (non-hydrogen) atoms. The van der Waals surface area contributed by atoms with Gasteiger partial charge in [0, 0.05) is 31.9 Å². The summed E-state index contributed by atoms with van der Waals surface area (Å²) in [5, 5.41) is 3.49. The predicted octanol–water partition coefficient (Wildman–Crippen LogP) is 3.63. The van der Waals surface area contributed by atoms with E-state index in [2.05, 4.69) is 23.3 Å². The Morgan fingerprint density at radius 1 is 1.45 bits per heavy atom. The van der Waals surface area contributed by atoms with Crippen molar-refractivity contribution >= 4 is 5.82 Å². The zero-order valence-electron chi connectivity index (χ0n) is 13.0. The fourth-order valence-corrected chi connectivity index (χ4v) is 2.50. The van der Waals surface area contributed by atoms with Gasteiger partial charge in [-0.2, -0.15) is 13.2 Å². The lowest BCUT2D eigenvalue weighted by Crippen LogP contribution is -2.46. The normalized spacial score (nSPS) is 20.3. The Bertz CT molecular complexity index is 508. The zero-order valence-corrected chi connectivity index (χ0v) is 13.0. The van der Waals surface area contributed by atoms with E-state index in [1.54, 1.807) is 0 Å². The molecule has 1 fully saturated rings. The molecular weight excluding hydrogens is 291 g/mol. The van der Waals surface area contributed by atoms with Crippen LogP contribution in [0.2, 0.25) is 0 Å². The number of hydrogen-bond acceptors (Lipinski definition) is 3. The van der Waals surface area contributed by atoms with E-state index in [1.807, 2.05) is 11.8 Å². The molecule has 1 unspecified atom stereocenters. The van der Waals surface area contributed by atoms with Gasteiger partial charge in [-0.3, -0.25) is 0 Å². The third-order valence-corrected chi connectivity index (χ3v) is 3.98. The molecule has 1 aliphatic heterocycles. The van der Waals surface area contributed by atoms with Crippen LogP contribution >= 0.6 is 0 Å². The molecule has 0 amide bonds. The quantitative estimate of drug-likeness (QED) is 0.861. The van der Waals surface area contributed by atoms with Gasteiger partial charge in [-0.15, -0.1) is 0 Å². The summed E-state index contributed by atoms with van der Waals surface area (Å²) < 4.78 is 37.7. The van der Waals surface area contributed by atoms with Crippen molar-refractivity contribution in [3.63, 3.8) is 0 Å². The molecule has 1 atom stereocenters. The Hall–Kier alpha value is -1.56. The number of allylic oxidation sites excluding steroid dienone is 1. The maximum Gasteiger partial charge on any atom is 0.417 e. The highest BCUT2D eigenvalue weighted by molar-refractivity contribution is 5.40. The average Bonchev–Trinajstić information content (AvgIpc) is 2.52. The summed E-state index contributed by atoms with van der Waals surface area (Å²) >= 11 is 0. The molecule has 0 saturated carbocycles. The van der Waals surface area contributed by atoms with Gasteiger partial charge in [-0.05, 0) is 38.8 Å².